The highest BCUT2D eigenvalue weighted by atomic mass is 16.5. The fourth-order valence-electron chi connectivity index (χ4n) is 3.70. The number of likely N-dealkylation sites (tertiary alicyclic amines) is 1. The third kappa shape index (κ3) is 3.46. The van der Waals surface area contributed by atoms with Gasteiger partial charge in [0.2, 0.25) is 5.95 Å². The van der Waals surface area contributed by atoms with Gasteiger partial charge >= 0.3 is 0 Å². The predicted molar refractivity (Wildman–Crippen MR) is 92.1 cm³/mol. The number of nitrogens with one attached hydrogen (secondary N) is 1. The number of hydrogen-bond donors (Lipinski definition) is 1. The number of rotatable bonds is 3. The van der Waals surface area contributed by atoms with Gasteiger partial charge in [-0.1, -0.05) is 6.07 Å². The number of carbonyl (C=O) groups excluding carboxylic acids is 1. The van der Waals surface area contributed by atoms with E-state index in [4.69, 9.17) is 4.74 Å². The first kappa shape index (κ1) is 16.0. The van der Waals surface area contributed by atoms with Crippen molar-refractivity contribution in [1.29, 1.82) is 0 Å². The Labute approximate surface area is 146 Å². The number of aromatic nitrogens is 3. The van der Waals surface area contributed by atoms with Crippen LogP contribution in [0.3, 0.4) is 0 Å². The molecule has 0 aromatic carbocycles. The van der Waals surface area contributed by atoms with E-state index in [0.717, 1.165) is 25.8 Å². The second kappa shape index (κ2) is 6.76. The number of carbonyl (C=O) groups is 1. The summed E-state index contributed by atoms with van der Waals surface area (Å²) >= 11 is 0. The van der Waals surface area contributed by atoms with Gasteiger partial charge in [0.1, 0.15) is 5.69 Å². The molecule has 0 bridgehead atoms. The molecule has 2 aromatic rings. The van der Waals surface area contributed by atoms with Crippen molar-refractivity contribution in [2.75, 3.05) is 25.0 Å². The van der Waals surface area contributed by atoms with Crippen LogP contribution in [0.1, 0.15) is 29.8 Å². The summed E-state index contributed by atoms with van der Waals surface area (Å²) in [5.41, 5.74) is 0.208. The van der Waals surface area contributed by atoms with E-state index < -0.39 is 0 Å². The van der Waals surface area contributed by atoms with Crippen LogP contribution in [0.4, 0.5) is 5.95 Å². The summed E-state index contributed by atoms with van der Waals surface area (Å²) in [5, 5.41) is 3.33. The highest BCUT2D eigenvalue weighted by Gasteiger charge is 2.44. The number of piperidine rings is 1. The normalized spacial score (nSPS) is 25.9. The molecule has 130 valence electrons. The first-order valence-corrected chi connectivity index (χ1v) is 8.62. The van der Waals surface area contributed by atoms with Crippen molar-refractivity contribution in [2.24, 2.45) is 0 Å². The highest BCUT2D eigenvalue weighted by molar-refractivity contribution is 5.92. The zero-order valence-corrected chi connectivity index (χ0v) is 14.0. The van der Waals surface area contributed by atoms with Crippen molar-refractivity contribution in [3.63, 3.8) is 0 Å². The molecule has 25 heavy (non-hydrogen) atoms. The molecule has 1 amide bonds. The van der Waals surface area contributed by atoms with Gasteiger partial charge in [-0.15, -0.1) is 0 Å². The second-order valence-electron chi connectivity index (χ2n) is 6.66. The lowest BCUT2D eigenvalue weighted by atomic mass is 9.88. The molecule has 0 radical (unpaired) electrons. The monoisotopic (exact) mass is 339 g/mol. The smallest absolute Gasteiger partial charge is 0.272 e. The number of amides is 1. The minimum atomic E-state index is -0.283. The molecule has 7 nitrogen and oxygen atoms in total. The molecule has 0 saturated carbocycles. The Kier molecular flexibility index (Phi) is 4.31. The molecule has 1 spiro atoms. The third-order valence-corrected chi connectivity index (χ3v) is 4.82. The van der Waals surface area contributed by atoms with Gasteiger partial charge in [0, 0.05) is 31.6 Å². The Morgan fingerprint density at radius 1 is 1.20 bits per heavy atom. The van der Waals surface area contributed by atoms with Crippen LogP contribution in [0, 0.1) is 0 Å². The molecule has 7 heteroatoms. The molecule has 2 saturated heterocycles. The van der Waals surface area contributed by atoms with Gasteiger partial charge < -0.3 is 15.0 Å². The van der Waals surface area contributed by atoms with E-state index in [9.17, 15) is 4.79 Å². The van der Waals surface area contributed by atoms with Crippen LogP contribution >= 0.6 is 0 Å². The van der Waals surface area contributed by atoms with E-state index in [2.05, 4.69) is 20.3 Å². The number of hydrogen-bond acceptors (Lipinski definition) is 6. The highest BCUT2D eigenvalue weighted by Crippen LogP contribution is 2.35. The quantitative estimate of drug-likeness (QED) is 0.918. The van der Waals surface area contributed by atoms with Crippen molar-refractivity contribution in [2.45, 2.75) is 30.9 Å². The summed E-state index contributed by atoms with van der Waals surface area (Å²) in [7, 11) is 0. The summed E-state index contributed by atoms with van der Waals surface area (Å²) in [4.78, 5) is 27.1. The van der Waals surface area contributed by atoms with E-state index >= 15 is 0 Å². The van der Waals surface area contributed by atoms with Gasteiger partial charge in [-0.3, -0.25) is 9.78 Å². The first-order chi connectivity index (χ1) is 12.2. The Balaban J connectivity index is 1.42. The maximum atomic E-state index is 12.7. The Morgan fingerprint density at radius 2 is 2.04 bits per heavy atom. The van der Waals surface area contributed by atoms with Gasteiger partial charge in [-0.05, 0) is 31.0 Å². The Bertz CT molecular complexity index is 727. The number of nitrogens with zero attached hydrogens (tertiary/aromatic N) is 4. The summed E-state index contributed by atoms with van der Waals surface area (Å²) in [6.07, 6.45) is 7.83. The summed E-state index contributed by atoms with van der Waals surface area (Å²) in [6, 6.07) is 7.37. The SMILES string of the molecule is O=C(c1ccccn1)N1CCC[C@@]2(C[C@@H](Nc3ncccn3)CO2)C1. The molecule has 0 aliphatic carbocycles. The molecule has 2 atom stereocenters. The van der Waals surface area contributed by atoms with Crippen molar-refractivity contribution in [3.05, 3.63) is 48.5 Å². The van der Waals surface area contributed by atoms with Gasteiger partial charge in [-0.25, -0.2) is 9.97 Å². The molecule has 2 aromatic heterocycles. The number of pyridine rings is 1. The molecular weight excluding hydrogens is 318 g/mol. The predicted octanol–water partition coefficient (Wildman–Crippen LogP) is 1.75. The van der Waals surface area contributed by atoms with Crippen molar-refractivity contribution in [3.8, 4) is 0 Å². The van der Waals surface area contributed by atoms with Gasteiger partial charge in [0.25, 0.3) is 5.91 Å². The average Bonchev–Trinajstić information content (AvgIpc) is 3.04. The molecule has 0 unspecified atom stereocenters. The molecule has 2 aliphatic rings. The molecule has 4 rings (SSSR count). The molecule has 2 aliphatic heterocycles. The third-order valence-electron chi connectivity index (χ3n) is 4.82. The van der Waals surface area contributed by atoms with Crippen LogP contribution < -0.4 is 5.32 Å². The van der Waals surface area contributed by atoms with Crippen LogP contribution in [0.25, 0.3) is 0 Å². The Morgan fingerprint density at radius 3 is 2.84 bits per heavy atom. The van der Waals surface area contributed by atoms with Crippen LogP contribution in [-0.2, 0) is 4.74 Å². The van der Waals surface area contributed by atoms with Crippen molar-refractivity contribution < 1.29 is 9.53 Å². The minimum absolute atomic E-state index is 0.0222. The maximum Gasteiger partial charge on any atom is 0.272 e. The fraction of sp³-hybridized carbons (Fsp3) is 0.444. The van der Waals surface area contributed by atoms with Crippen molar-refractivity contribution in [1.82, 2.24) is 19.9 Å². The van der Waals surface area contributed by atoms with Gasteiger partial charge in [0.15, 0.2) is 0 Å². The standard InChI is InChI=1S/C18H21N5O2/c24-16(15-5-1-2-7-19-15)23-10-3-6-18(13-23)11-14(12-25-18)22-17-20-8-4-9-21-17/h1-2,4-5,7-9,14H,3,6,10-13H2,(H,20,21,22)/t14-,18-/m1/s1. The zero-order chi connectivity index (χ0) is 17.1. The van der Waals surface area contributed by atoms with Gasteiger partial charge in [0.05, 0.1) is 24.8 Å². The molecular formula is C18H21N5O2. The van der Waals surface area contributed by atoms with E-state index in [1.807, 2.05) is 17.0 Å². The van der Waals surface area contributed by atoms with E-state index in [1.54, 1.807) is 30.7 Å². The first-order valence-electron chi connectivity index (χ1n) is 8.62. The number of anilines is 1. The zero-order valence-electron chi connectivity index (χ0n) is 14.0. The molecule has 1 N–H and O–H groups in total. The summed E-state index contributed by atoms with van der Waals surface area (Å²) in [6.45, 7) is 1.96. The van der Waals surface area contributed by atoms with Crippen molar-refractivity contribution >= 4 is 11.9 Å². The maximum absolute atomic E-state index is 12.7. The van der Waals surface area contributed by atoms with E-state index in [1.165, 1.54) is 0 Å². The fourth-order valence-corrected chi connectivity index (χ4v) is 3.70. The summed E-state index contributed by atoms with van der Waals surface area (Å²) in [5.74, 6) is 0.594. The second-order valence-corrected chi connectivity index (χ2v) is 6.66. The topological polar surface area (TPSA) is 80.2 Å². The minimum Gasteiger partial charge on any atom is -0.371 e. The van der Waals surface area contributed by atoms with Crippen LogP contribution in [0.15, 0.2) is 42.9 Å². The molecule has 4 heterocycles. The molecule has 2 fully saturated rings. The Hall–Kier alpha value is -2.54. The lowest BCUT2D eigenvalue weighted by molar-refractivity contribution is -0.0448. The van der Waals surface area contributed by atoms with Crippen LogP contribution in [0.2, 0.25) is 0 Å². The van der Waals surface area contributed by atoms with E-state index in [0.29, 0.717) is 24.8 Å². The van der Waals surface area contributed by atoms with Crippen LogP contribution in [0.5, 0.6) is 0 Å². The lowest BCUT2D eigenvalue weighted by Crippen LogP contribution is -2.50. The average molecular weight is 339 g/mol. The largest absolute Gasteiger partial charge is 0.371 e. The number of ether oxygens (including phenoxy) is 1. The van der Waals surface area contributed by atoms with Crippen LogP contribution in [-0.4, -0.2) is 57.1 Å². The summed E-state index contributed by atoms with van der Waals surface area (Å²) < 4.78 is 6.15. The van der Waals surface area contributed by atoms with E-state index in [-0.39, 0.29) is 17.6 Å². The van der Waals surface area contributed by atoms with Gasteiger partial charge in [-0.2, -0.15) is 0 Å². The lowest BCUT2D eigenvalue weighted by Gasteiger charge is -2.39.